The van der Waals surface area contributed by atoms with Crippen LogP contribution in [0.4, 0.5) is 17.1 Å². The molecule has 1 aromatic rings. The first-order chi connectivity index (χ1) is 7.13. The van der Waals surface area contributed by atoms with E-state index in [1.54, 1.807) is 0 Å². The first kappa shape index (κ1) is 11.0. The van der Waals surface area contributed by atoms with Crippen LogP contribution in [0.2, 0.25) is 0 Å². The smallest absolute Gasteiger partial charge is 0.340 e. The highest BCUT2D eigenvalue weighted by Crippen LogP contribution is 2.27. The molecule has 10 N–H and O–H groups in total. The Balaban J connectivity index is 3.39. The summed E-state index contributed by atoms with van der Waals surface area (Å²) >= 11 is 0. The lowest BCUT2D eigenvalue weighted by Crippen LogP contribution is -2.18. The summed E-state index contributed by atoms with van der Waals surface area (Å²) in [6, 6.07) is 2.90. The molecule has 0 radical (unpaired) electrons. The molecule has 0 amide bonds. The molecule has 8 heteroatoms. The Morgan fingerprint density at radius 3 is 1.80 bits per heavy atom. The predicted octanol–water partition coefficient (Wildman–Crippen LogP) is -0.758. The van der Waals surface area contributed by atoms with Gasteiger partial charge in [-0.25, -0.2) is 4.79 Å². The second kappa shape index (κ2) is 4.46. The second-order valence-corrected chi connectivity index (χ2v) is 2.68. The Labute approximate surface area is 85.3 Å². The van der Waals surface area contributed by atoms with Gasteiger partial charge in [-0.05, 0) is 12.1 Å². The molecule has 0 aromatic heterocycles. The third-order valence-electron chi connectivity index (χ3n) is 1.83. The van der Waals surface area contributed by atoms with Crippen LogP contribution in [0.15, 0.2) is 12.1 Å². The number of benzene rings is 1. The van der Waals surface area contributed by atoms with Crippen molar-refractivity contribution in [3.63, 3.8) is 0 Å². The molecule has 0 unspecified atom stereocenters. The van der Waals surface area contributed by atoms with Crippen LogP contribution in [-0.4, -0.2) is 11.1 Å². The zero-order chi connectivity index (χ0) is 11.4. The molecule has 15 heavy (non-hydrogen) atoms. The van der Waals surface area contributed by atoms with E-state index < -0.39 is 5.97 Å². The van der Waals surface area contributed by atoms with E-state index in [2.05, 4.69) is 16.3 Å². The van der Waals surface area contributed by atoms with Gasteiger partial charge in [0, 0.05) is 0 Å². The lowest BCUT2D eigenvalue weighted by atomic mass is 10.1. The van der Waals surface area contributed by atoms with Crippen molar-refractivity contribution in [2.75, 3.05) is 16.3 Å². The van der Waals surface area contributed by atoms with E-state index in [0.29, 0.717) is 5.69 Å². The number of carbonyl (C=O) groups is 1. The quantitative estimate of drug-likeness (QED) is 0.254. The van der Waals surface area contributed by atoms with Crippen LogP contribution in [0.3, 0.4) is 0 Å². The molecule has 0 fully saturated rings. The monoisotopic (exact) mass is 212 g/mol. The van der Waals surface area contributed by atoms with Crippen LogP contribution < -0.4 is 33.8 Å². The summed E-state index contributed by atoms with van der Waals surface area (Å²) in [6.07, 6.45) is 0. The zero-order valence-electron chi connectivity index (χ0n) is 7.74. The van der Waals surface area contributed by atoms with Gasteiger partial charge in [0.2, 0.25) is 0 Å². The van der Waals surface area contributed by atoms with Crippen molar-refractivity contribution in [2.45, 2.75) is 0 Å². The van der Waals surface area contributed by atoms with Crippen molar-refractivity contribution in [1.82, 2.24) is 0 Å². The minimum absolute atomic E-state index is 0.0565. The molecule has 0 aliphatic rings. The number of nitrogens with two attached hydrogens (primary N) is 3. The van der Waals surface area contributed by atoms with E-state index in [1.165, 1.54) is 12.1 Å². The molecule has 82 valence electrons. The van der Waals surface area contributed by atoms with E-state index in [0.717, 1.165) is 0 Å². The van der Waals surface area contributed by atoms with E-state index in [1.807, 2.05) is 0 Å². The fourth-order valence-corrected chi connectivity index (χ4v) is 1.18. The van der Waals surface area contributed by atoms with Gasteiger partial charge in [-0.1, -0.05) is 0 Å². The maximum atomic E-state index is 10.9. The minimum Gasteiger partial charge on any atom is -0.478 e. The normalized spacial score (nSPS) is 9.53. The van der Waals surface area contributed by atoms with Crippen LogP contribution in [0.1, 0.15) is 10.4 Å². The molecule has 0 bridgehead atoms. The van der Waals surface area contributed by atoms with Gasteiger partial charge >= 0.3 is 5.97 Å². The lowest BCUT2D eigenvalue weighted by molar-refractivity contribution is 0.0699. The molecule has 0 saturated heterocycles. The van der Waals surface area contributed by atoms with Gasteiger partial charge in [-0.2, -0.15) is 0 Å². The van der Waals surface area contributed by atoms with Crippen LogP contribution in [0.5, 0.6) is 0 Å². The Hall–Kier alpha value is -2.03. The summed E-state index contributed by atoms with van der Waals surface area (Å²) in [7, 11) is 0. The molecule has 0 atom stereocenters. The molecular formula is C7H12N6O2. The van der Waals surface area contributed by atoms with Gasteiger partial charge in [0.15, 0.2) is 0 Å². The average molecular weight is 212 g/mol. The van der Waals surface area contributed by atoms with Crippen LogP contribution in [-0.2, 0) is 0 Å². The summed E-state index contributed by atoms with van der Waals surface area (Å²) in [6.45, 7) is 0. The largest absolute Gasteiger partial charge is 0.478 e. The maximum Gasteiger partial charge on any atom is 0.340 e. The number of hydrogen-bond donors (Lipinski definition) is 7. The third-order valence-corrected chi connectivity index (χ3v) is 1.83. The number of carboxylic acid groups (broad SMARTS) is 1. The molecule has 0 spiro atoms. The third kappa shape index (κ3) is 2.07. The van der Waals surface area contributed by atoms with Crippen molar-refractivity contribution in [3.05, 3.63) is 17.7 Å². The fraction of sp³-hybridized carbons (Fsp3) is 0. The van der Waals surface area contributed by atoms with Gasteiger partial charge in [0.25, 0.3) is 0 Å². The van der Waals surface area contributed by atoms with E-state index in [4.69, 9.17) is 22.6 Å². The fourth-order valence-electron chi connectivity index (χ4n) is 1.18. The van der Waals surface area contributed by atoms with Crippen LogP contribution >= 0.6 is 0 Å². The van der Waals surface area contributed by atoms with Crippen molar-refractivity contribution < 1.29 is 9.90 Å². The van der Waals surface area contributed by atoms with E-state index in [9.17, 15) is 4.79 Å². The number of aromatic carboxylic acids is 1. The minimum atomic E-state index is -1.15. The Morgan fingerprint density at radius 2 is 1.53 bits per heavy atom. The summed E-state index contributed by atoms with van der Waals surface area (Å²) in [5.74, 6) is 14.4. The van der Waals surface area contributed by atoms with E-state index >= 15 is 0 Å². The Kier molecular flexibility index (Phi) is 3.29. The molecule has 0 saturated carbocycles. The average Bonchev–Trinajstić information content (AvgIpc) is 2.26. The van der Waals surface area contributed by atoms with Crippen molar-refractivity contribution in [2.24, 2.45) is 17.5 Å². The standard InChI is InChI=1S/C7H12N6O2/c8-11-3-1-4(12-9)6(7(14)15)5(2-3)13-10/h1-2,11-13H,8-10H2,(H,14,15). The van der Waals surface area contributed by atoms with Gasteiger partial charge in [0.05, 0.1) is 17.1 Å². The highest BCUT2D eigenvalue weighted by molar-refractivity contribution is 6.01. The highest BCUT2D eigenvalue weighted by atomic mass is 16.4. The van der Waals surface area contributed by atoms with Crippen molar-refractivity contribution in [1.29, 1.82) is 0 Å². The van der Waals surface area contributed by atoms with E-state index in [-0.39, 0.29) is 16.9 Å². The lowest BCUT2D eigenvalue weighted by Gasteiger charge is -2.12. The van der Waals surface area contributed by atoms with Crippen LogP contribution in [0.25, 0.3) is 0 Å². The molecule has 1 aromatic carbocycles. The van der Waals surface area contributed by atoms with Crippen LogP contribution in [0, 0.1) is 0 Å². The van der Waals surface area contributed by atoms with Crippen molar-refractivity contribution >= 4 is 23.0 Å². The topological polar surface area (TPSA) is 151 Å². The first-order valence-electron chi connectivity index (χ1n) is 3.95. The number of nitrogen functional groups attached to an aromatic ring is 3. The number of hydrazine groups is 3. The molecule has 8 nitrogen and oxygen atoms in total. The number of anilines is 3. The summed E-state index contributed by atoms with van der Waals surface area (Å²) in [5, 5.41) is 8.93. The molecule has 1 rings (SSSR count). The number of hydrogen-bond acceptors (Lipinski definition) is 7. The molecule has 0 heterocycles. The van der Waals surface area contributed by atoms with Gasteiger partial charge in [-0.15, -0.1) is 0 Å². The summed E-state index contributed by atoms with van der Waals surface area (Å²) in [5.41, 5.74) is 7.68. The number of carboxylic acids is 1. The second-order valence-electron chi connectivity index (χ2n) is 2.68. The summed E-state index contributed by atoms with van der Waals surface area (Å²) in [4.78, 5) is 10.9. The van der Waals surface area contributed by atoms with Gasteiger partial charge in [0.1, 0.15) is 5.56 Å². The zero-order valence-corrected chi connectivity index (χ0v) is 7.74. The number of rotatable bonds is 4. The van der Waals surface area contributed by atoms with Crippen molar-refractivity contribution in [3.8, 4) is 0 Å². The maximum absolute atomic E-state index is 10.9. The molecule has 0 aliphatic carbocycles. The Morgan fingerprint density at radius 1 is 1.07 bits per heavy atom. The highest BCUT2D eigenvalue weighted by Gasteiger charge is 2.16. The Bertz CT molecular complexity index is 355. The molecule has 0 aliphatic heterocycles. The van der Waals surface area contributed by atoms with Gasteiger partial charge < -0.3 is 21.4 Å². The number of nitrogens with one attached hydrogen (secondary N) is 3. The molecular weight excluding hydrogens is 200 g/mol. The first-order valence-corrected chi connectivity index (χ1v) is 3.95. The van der Waals surface area contributed by atoms with Gasteiger partial charge in [-0.3, -0.25) is 17.5 Å². The predicted molar refractivity (Wildman–Crippen MR) is 56.8 cm³/mol. The summed E-state index contributed by atoms with van der Waals surface area (Å²) < 4.78 is 0. The SMILES string of the molecule is NNc1cc(NN)c(C(=O)O)c(NN)c1.